The summed E-state index contributed by atoms with van der Waals surface area (Å²) >= 11 is 0. The van der Waals surface area contributed by atoms with Gasteiger partial charge in [-0.05, 0) is 24.6 Å². The fraction of sp³-hybridized carbons (Fsp3) is 0.176. The summed E-state index contributed by atoms with van der Waals surface area (Å²) in [7, 11) is 0. The molecule has 0 fully saturated rings. The molecule has 5 heteroatoms. The quantitative estimate of drug-likeness (QED) is 0.776. The molecule has 0 aliphatic heterocycles. The summed E-state index contributed by atoms with van der Waals surface area (Å²) in [4.78, 5) is 16.8. The number of para-hydroxylation sites is 2. The van der Waals surface area contributed by atoms with Gasteiger partial charge in [-0.3, -0.25) is 0 Å². The van der Waals surface area contributed by atoms with Crippen molar-refractivity contribution in [3.63, 3.8) is 0 Å². The Hall–Kier alpha value is -2.82. The number of nitrogens with one attached hydrogen (secondary N) is 2. The van der Waals surface area contributed by atoms with E-state index in [2.05, 4.69) is 15.6 Å². The Morgan fingerprint density at radius 2 is 1.82 bits per heavy atom. The van der Waals surface area contributed by atoms with E-state index in [0.717, 1.165) is 16.6 Å². The molecule has 0 spiro atoms. The second-order valence-corrected chi connectivity index (χ2v) is 4.93. The first-order chi connectivity index (χ1) is 10.8. The molecule has 0 saturated heterocycles. The van der Waals surface area contributed by atoms with Crippen molar-refractivity contribution in [2.75, 3.05) is 11.9 Å². The Morgan fingerprint density at radius 3 is 2.59 bits per heavy atom. The van der Waals surface area contributed by atoms with E-state index in [0.29, 0.717) is 19.0 Å². The molecule has 112 valence electrons. The van der Waals surface area contributed by atoms with Crippen LogP contribution in [0.1, 0.15) is 12.5 Å². The Balaban J connectivity index is 1.94. The average molecular weight is 294 g/mol. The Morgan fingerprint density at radius 1 is 1.09 bits per heavy atom. The molecule has 3 aromatic rings. The number of aromatic nitrogens is 2. The van der Waals surface area contributed by atoms with Crippen LogP contribution >= 0.6 is 0 Å². The molecule has 2 aromatic carbocycles. The van der Waals surface area contributed by atoms with Crippen molar-refractivity contribution in [2.45, 2.75) is 13.5 Å². The summed E-state index contributed by atoms with van der Waals surface area (Å²) < 4.78 is 1.59. The van der Waals surface area contributed by atoms with Crippen LogP contribution < -0.4 is 10.6 Å². The first-order valence-corrected chi connectivity index (χ1v) is 7.33. The summed E-state index contributed by atoms with van der Waals surface area (Å²) in [6.07, 6.45) is 0. The maximum Gasteiger partial charge on any atom is 0.328 e. The van der Waals surface area contributed by atoms with Crippen LogP contribution in [0.15, 0.2) is 54.6 Å². The summed E-state index contributed by atoms with van der Waals surface area (Å²) in [5.74, 6) is 0.552. The first kappa shape index (κ1) is 14.1. The van der Waals surface area contributed by atoms with E-state index in [9.17, 15) is 4.79 Å². The third-order valence-corrected chi connectivity index (χ3v) is 3.39. The molecule has 1 aromatic heterocycles. The van der Waals surface area contributed by atoms with E-state index in [-0.39, 0.29) is 6.03 Å². The molecule has 0 atom stereocenters. The predicted octanol–water partition coefficient (Wildman–Crippen LogP) is 3.23. The van der Waals surface area contributed by atoms with Crippen molar-refractivity contribution >= 4 is 23.0 Å². The lowest BCUT2D eigenvalue weighted by Gasteiger charge is -2.10. The van der Waals surface area contributed by atoms with Gasteiger partial charge in [0.2, 0.25) is 5.95 Å². The molecule has 0 saturated carbocycles. The number of imidazole rings is 1. The van der Waals surface area contributed by atoms with Gasteiger partial charge in [0.25, 0.3) is 0 Å². The maximum atomic E-state index is 12.3. The van der Waals surface area contributed by atoms with E-state index in [1.54, 1.807) is 4.57 Å². The zero-order valence-electron chi connectivity index (χ0n) is 12.4. The van der Waals surface area contributed by atoms with Crippen LogP contribution in [0.4, 0.5) is 10.7 Å². The van der Waals surface area contributed by atoms with Gasteiger partial charge in [-0.25, -0.2) is 14.3 Å². The van der Waals surface area contributed by atoms with Gasteiger partial charge in [0, 0.05) is 13.1 Å². The first-order valence-electron chi connectivity index (χ1n) is 7.33. The third-order valence-electron chi connectivity index (χ3n) is 3.39. The fourth-order valence-electron chi connectivity index (χ4n) is 2.36. The molecule has 22 heavy (non-hydrogen) atoms. The van der Waals surface area contributed by atoms with Crippen LogP contribution in [0.3, 0.4) is 0 Å². The van der Waals surface area contributed by atoms with Crippen molar-refractivity contribution in [2.24, 2.45) is 0 Å². The fourth-order valence-corrected chi connectivity index (χ4v) is 2.36. The van der Waals surface area contributed by atoms with Gasteiger partial charge < -0.3 is 10.6 Å². The summed E-state index contributed by atoms with van der Waals surface area (Å²) in [6.45, 7) is 3.08. The molecule has 0 radical (unpaired) electrons. The number of amides is 1. The number of hydrogen-bond donors (Lipinski definition) is 2. The number of carbonyl (C=O) groups excluding carboxylic acids is 1. The van der Waals surface area contributed by atoms with Crippen LogP contribution in [0.2, 0.25) is 0 Å². The van der Waals surface area contributed by atoms with Crippen LogP contribution in [-0.4, -0.2) is 22.1 Å². The van der Waals surface area contributed by atoms with Crippen molar-refractivity contribution in [1.82, 2.24) is 14.9 Å². The molecule has 0 aliphatic carbocycles. The zero-order chi connectivity index (χ0) is 15.4. The monoisotopic (exact) mass is 294 g/mol. The summed E-state index contributed by atoms with van der Waals surface area (Å²) in [6, 6.07) is 17.5. The highest BCUT2D eigenvalue weighted by Crippen LogP contribution is 2.19. The minimum Gasteiger partial charge on any atom is -0.351 e. The van der Waals surface area contributed by atoms with E-state index >= 15 is 0 Å². The topological polar surface area (TPSA) is 59.0 Å². The second kappa shape index (κ2) is 6.30. The van der Waals surface area contributed by atoms with Crippen LogP contribution in [-0.2, 0) is 6.54 Å². The normalized spacial score (nSPS) is 10.6. The number of benzene rings is 2. The molecule has 1 amide bonds. The highest BCUT2D eigenvalue weighted by atomic mass is 16.2. The molecule has 0 aliphatic rings. The molecule has 2 N–H and O–H groups in total. The van der Waals surface area contributed by atoms with Crippen molar-refractivity contribution in [3.8, 4) is 0 Å². The van der Waals surface area contributed by atoms with Gasteiger partial charge in [-0.15, -0.1) is 0 Å². The van der Waals surface area contributed by atoms with Crippen LogP contribution in [0.5, 0.6) is 0 Å². The third kappa shape index (κ3) is 2.79. The minimum absolute atomic E-state index is 0.174. The van der Waals surface area contributed by atoms with Crippen molar-refractivity contribution < 1.29 is 4.79 Å². The number of anilines is 1. The lowest BCUT2D eigenvalue weighted by molar-refractivity contribution is 0.244. The van der Waals surface area contributed by atoms with E-state index in [1.807, 2.05) is 61.5 Å². The average Bonchev–Trinajstić information content (AvgIpc) is 2.92. The minimum atomic E-state index is -0.174. The Kier molecular flexibility index (Phi) is 4.05. The van der Waals surface area contributed by atoms with Gasteiger partial charge in [0.1, 0.15) is 0 Å². The SMILES string of the molecule is CCNC(=O)n1c(NCc2ccccc2)nc2ccccc21. The molecule has 0 bridgehead atoms. The van der Waals surface area contributed by atoms with Gasteiger partial charge in [-0.2, -0.15) is 0 Å². The number of carbonyl (C=O) groups is 1. The van der Waals surface area contributed by atoms with Crippen molar-refractivity contribution in [1.29, 1.82) is 0 Å². The second-order valence-electron chi connectivity index (χ2n) is 4.93. The number of hydrogen-bond acceptors (Lipinski definition) is 3. The van der Waals surface area contributed by atoms with Crippen LogP contribution in [0, 0.1) is 0 Å². The van der Waals surface area contributed by atoms with Crippen molar-refractivity contribution in [3.05, 3.63) is 60.2 Å². The van der Waals surface area contributed by atoms with Gasteiger partial charge >= 0.3 is 6.03 Å². The smallest absolute Gasteiger partial charge is 0.328 e. The Labute approximate surface area is 129 Å². The highest BCUT2D eigenvalue weighted by Gasteiger charge is 2.15. The zero-order valence-corrected chi connectivity index (χ0v) is 12.4. The molecule has 0 unspecified atom stereocenters. The highest BCUT2D eigenvalue weighted by molar-refractivity contribution is 5.92. The standard InChI is InChI=1S/C17H18N4O/c1-2-18-17(22)21-15-11-7-6-10-14(15)20-16(21)19-12-13-8-4-3-5-9-13/h3-11H,2,12H2,1H3,(H,18,22)(H,19,20). The maximum absolute atomic E-state index is 12.3. The molecule has 3 rings (SSSR count). The van der Waals surface area contributed by atoms with E-state index < -0.39 is 0 Å². The van der Waals surface area contributed by atoms with E-state index in [4.69, 9.17) is 0 Å². The number of rotatable bonds is 4. The number of nitrogens with zero attached hydrogens (tertiary/aromatic N) is 2. The van der Waals surface area contributed by atoms with E-state index in [1.165, 1.54) is 0 Å². The van der Waals surface area contributed by atoms with Gasteiger partial charge in [0.05, 0.1) is 11.0 Å². The predicted molar refractivity (Wildman–Crippen MR) is 88.0 cm³/mol. The molecule has 1 heterocycles. The molecular formula is C17H18N4O. The largest absolute Gasteiger partial charge is 0.351 e. The van der Waals surface area contributed by atoms with Gasteiger partial charge in [-0.1, -0.05) is 42.5 Å². The Bertz CT molecular complexity index is 780. The lowest BCUT2D eigenvalue weighted by Crippen LogP contribution is -2.29. The number of fused-ring (bicyclic) bond motifs is 1. The summed E-state index contributed by atoms with van der Waals surface area (Å²) in [5, 5.41) is 6.07. The molecular weight excluding hydrogens is 276 g/mol. The summed E-state index contributed by atoms with van der Waals surface area (Å²) in [5.41, 5.74) is 2.73. The molecule has 5 nitrogen and oxygen atoms in total. The van der Waals surface area contributed by atoms with Crippen LogP contribution in [0.25, 0.3) is 11.0 Å². The lowest BCUT2D eigenvalue weighted by atomic mass is 10.2. The van der Waals surface area contributed by atoms with Gasteiger partial charge in [0.15, 0.2) is 0 Å².